The van der Waals surface area contributed by atoms with Crippen LogP contribution in [0.15, 0.2) is 73.3 Å². The van der Waals surface area contributed by atoms with Gasteiger partial charge in [0.15, 0.2) is 0 Å². The Bertz CT molecular complexity index is 1340. The molecular weight excluding hydrogens is 428 g/mol. The second-order valence-corrected chi connectivity index (χ2v) is 8.59. The Morgan fingerprint density at radius 3 is 2.59 bits per heavy atom. The molecule has 0 radical (unpaired) electrons. The minimum Gasteiger partial charge on any atom is -0.338 e. The van der Waals surface area contributed by atoms with Crippen molar-refractivity contribution >= 4 is 17.5 Å². The number of benzene rings is 2. The molecule has 5 rings (SSSR count). The van der Waals surface area contributed by atoms with Gasteiger partial charge in [-0.25, -0.2) is 4.98 Å². The molecule has 0 spiro atoms. The second-order valence-electron chi connectivity index (χ2n) is 8.59. The lowest BCUT2D eigenvalue weighted by Crippen LogP contribution is -2.47. The first kappa shape index (κ1) is 21.6. The Morgan fingerprint density at radius 1 is 1.09 bits per heavy atom. The van der Waals surface area contributed by atoms with E-state index in [1.165, 1.54) is 10.2 Å². The minimum atomic E-state index is -0.720. The van der Waals surface area contributed by atoms with Gasteiger partial charge in [-0.15, -0.1) is 0 Å². The lowest BCUT2D eigenvalue weighted by Gasteiger charge is -2.25. The zero-order valence-electron chi connectivity index (χ0n) is 19.1. The van der Waals surface area contributed by atoms with Gasteiger partial charge in [-0.1, -0.05) is 36.4 Å². The van der Waals surface area contributed by atoms with Crippen LogP contribution in [0.5, 0.6) is 0 Å². The molecule has 0 bridgehead atoms. The third kappa shape index (κ3) is 4.10. The third-order valence-electron chi connectivity index (χ3n) is 6.47. The monoisotopic (exact) mass is 456 g/mol. The summed E-state index contributed by atoms with van der Waals surface area (Å²) >= 11 is 0. The number of carbonyl (C=O) groups is 2. The summed E-state index contributed by atoms with van der Waals surface area (Å²) in [5.41, 5.74) is 5.40. The molecule has 34 heavy (non-hydrogen) atoms. The van der Waals surface area contributed by atoms with Crippen LogP contribution in [-0.2, 0) is 25.3 Å². The van der Waals surface area contributed by atoms with E-state index in [2.05, 4.69) is 26.8 Å². The highest BCUT2D eigenvalue weighted by molar-refractivity contribution is 6.01. The van der Waals surface area contributed by atoms with E-state index in [1.807, 2.05) is 54.1 Å². The standard InChI is InChI=1S/C26H26N6O2.H2/c1-31-16-27-15-23(31)18-7-10-19(11-8-18)29-26(34)24(30-25(33)22-13-14-28-32(22)2)21-12-9-17-5-3-4-6-20(17)21;/h3-8,10-11,13-16,21,24H,9,12H2,1-2H3,(H,29,34)(H,30,33);1H/t21-,24+;/m1./s1. The molecule has 2 aromatic heterocycles. The van der Waals surface area contributed by atoms with Crippen molar-refractivity contribution in [3.63, 3.8) is 0 Å². The molecule has 8 nitrogen and oxygen atoms in total. The van der Waals surface area contributed by atoms with E-state index in [0.717, 1.165) is 29.7 Å². The van der Waals surface area contributed by atoms with Gasteiger partial charge >= 0.3 is 0 Å². The van der Waals surface area contributed by atoms with Crippen LogP contribution in [0, 0.1) is 0 Å². The number of aryl methyl sites for hydroxylation is 3. The van der Waals surface area contributed by atoms with Crippen molar-refractivity contribution in [1.82, 2.24) is 24.6 Å². The molecule has 1 aliphatic carbocycles. The highest BCUT2D eigenvalue weighted by atomic mass is 16.2. The molecule has 1 aliphatic rings. The number of fused-ring (bicyclic) bond motifs is 1. The normalized spacial score (nSPS) is 15.5. The fourth-order valence-corrected chi connectivity index (χ4v) is 4.68. The van der Waals surface area contributed by atoms with Crippen LogP contribution in [0.4, 0.5) is 5.69 Å². The predicted octanol–water partition coefficient (Wildman–Crippen LogP) is 3.53. The van der Waals surface area contributed by atoms with E-state index in [1.54, 1.807) is 31.8 Å². The summed E-state index contributed by atoms with van der Waals surface area (Å²) in [7, 11) is 3.64. The number of carbonyl (C=O) groups excluding carboxylic acids is 2. The summed E-state index contributed by atoms with van der Waals surface area (Å²) in [5, 5.41) is 10.1. The molecule has 2 amide bonds. The van der Waals surface area contributed by atoms with E-state index in [9.17, 15) is 9.59 Å². The Labute approximate surface area is 199 Å². The van der Waals surface area contributed by atoms with Crippen LogP contribution < -0.4 is 10.6 Å². The zero-order chi connectivity index (χ0) is 23.7. The van der Waals surface area contributed by atoms with Gasteiger partial charge in [0.05, 0.1) is 18.2 Å². The molecule has 0 unspecified atom stereocenters. The summed E-state index contributed by atoms with van der Waals surface area (Å²) in [5.74, 6) is -0.677. The lowest BCUT2D eigenvalue weighted by molar-refractivity contribution is -0.118. The van der Waals surface area contributed by atoms with Gasteiger partial charge in [-0.2, -0.15) is 5.10 Å². The molecule has 2 atom stereocenters. The quantitative estimate of drug-likeness (QED) is 0.464. The van der Waals surface area contributed by atoms with Gasteiger partial charge in [0.2, 0.25) is 5.91 Å². The number of aromatic nitrogens is 4. The first-order chi connectivity index (χ1) is 16.5. The number of nitrogens with one attached hydrogen (secondary N) is 2. The fraction of sp³-hybridized carbons (Fsp3) is 0.231. The summed E-state index contributed by atoms with van der Waals surface area (Å²) in [4.78, 5) is 30.7. The molecule has 2 N–H and O–H groups in total. The molecule has 0 saturated carbocycles. The smallest absolute Gasteiger partial charge is 0.270 e. The molecular formula is C26H28N6O2. The number of amides is 2. The molecule has 2 aromatic carbocycles. The van der Waals surface area contributed by atoms with Crippen LogP contribution in [-0.4, -0.2) is 37.2 Å². The summed E-state index contributed by atoms with van der Waals surface area (Å²) in [6, 6.07) is 16.7. The number of hydrogen-bond acceptors (Lipinski definition) is 4. The Morgan fingerprint density at radius 2 is 1.88 bits per heavy atom. The Hall–Kier alpha value is -4.20. The lowest BCUT2D eigenvalue weighted by atomic mass is 9.92. The van der Waals surface area contributed by atoms with E-state index >= 15 is 0 Å². The zero-order valence-corrected chi connectivity index (χ0v) is 19.1. The topological polar surface area (TPSA) is 93.8 Å². The van der Waals surface area contributed by atoms with Gasteiger partial charge in [-0.05, 0) is 47.7 Å². The number of imidazole rings is 1. The van der Waals surface area contributed by atoms with E-state index in [4.69, 9.17) is 0 Å². The third-order valence-corrected chi connectivity index (χ3v) is 6.47. The predicted molar refractivity (Wildman–Crippen MR) is 131 cm³/mol. The van der Waals surface area contributed by atoms with Crippen molar-refractivity contribution in [2.24, 2.45) is 14.1 Å². The molecule has 174 valence electrons. The van der Waals surface area contributed by atoms with Gasteiger partial charge in [0.1, 0.15) is 11.7 Å². The second kappa shape index (κ2) is 8.97. The van der Waals surface area contributed by atoms with Crippen molar-refractivity contribution in [3.05, 3.63) is 90.1 Å². The minimum absolute atomic E-state index is 0. The fourth-order valence-electron chi connectivity index (χ4n) is 4.68. The maximum atomic E-state index is 13.5. The average molecular weight is 457 g/mol. The van der Waals surface area contributed by atoms with E-state index in [0.29, 0.717) is 11.4 Å². The van der Waals surface area contributed by atoms with Crippen molar-refractivity contribution < 1.29 is 11.0 Å². The SMILES string of the molecule is Cn1cncc1-c1ccc(NC(=O)[C@@H](NC(=O)c2ccnn2C)[C@@H]2CCc3ccccc32)cc1.[HH]. The summed E-state index contributed by atoms with van der Waals surface area (Å²) < 4.78 is 3.44. The molecule has 8 heteroatoms. The van der Waals surface area contributed by atoms with E-state index < -0.39 is 6.04 Å². The van der Waals surface area contributed by atoms with Crippen LogP contribution >= 0.6 is 0 Å². The Kier molecular flexibility index (Phi) is 5.71. The average Bonchev–Trinajstić information content (AvgIpc) is 3.57. The van der Waals surface area contributed by atoms with Crippen LogP contribution in [0.2, 0.25) is 0 Å². The number of anilines is 1. The van der Waals surface area contributed by atoms with Crippen LogP contribution in [0.1, 0.15) is 35.4 Å². The van der Waals surface area contributed by atoms with Crippen molar-refractivity contribution in [1.29, 1.82) is 0 Å². The number of rotatable bonds is 6. The number of hydrogen-bond donors (Lipinski definition) is 2. The van der Waals surface area contributed by atoms with Gasteiger partial charge in [0, 0.05) is 33.3 Å². The van der Waals surface area contributed by atoms with Crippen molar-refractivity contribution in [3.8, 4) is 11.3 Å². The molecule has 0 saturated heterocycles. The van der Waals surface area contributed by atoms with Crippen molar-refractivity contribution in [2.45, 2.75) is 24.8 Å². The maximum absolute atomic E-state index is 13.5. The highest BCUT2D eigenvalue weighted by Crippen LogP contribution is 2.36. The van der Waals surface area contributed by atoms with Crippen LogP contribution in [0.3, 0.4) is 0 Å². The van der Waals surface area contributed by atoms with Gasteiger partial charge < -0.3 is 15.2 Å². The first-order valence-electron chi connectivity index (χ1n) is 11.3. The Balaban J connectivity index is 0.00000289. The van der Waals surface area contributed by atoms with Crippen molar-refractivity contribution in [2.75, 3.05) is 5.32 Å². The molecule has 0 aliphatic heterocycles. The highest BCUT2D eigenvalue weighted by Gasteiger charge is 2.36. The molecule has 2 heterocycles. The van der Waals surface area contributed by atoms with E-state index in [-0.39, 0.29) is 19.2 Å². The summed E-state index contributed by atoms with van der Waals surface area (Å²) in [6.07, 6.45) is 6.79. The van der Waals surface area contributed by atoms with Gasteiger partial charge in [-0.3, -0.25) is 14.3 Å². The number of nitrogens with zero attached hydrogens (tertiary/aromatic N) is 4. The maximum Gasteiger partial charge on any atom is 0.270 e. The largest absolute Gasteiger partial charge is 0.338 e. The summed E-state index contributed by atoms with van der Waals surface area (Å²) in [6.45, 7) is 0. The molecule has 4 aromatic rings. The van der Waals surface area contributed by atoms with Gasteiger partial charge in [0.25, 0.3) is 5.91 Å². The first-order valence-corrected chi connectivity index (χ1v) is 11.3. The molecule has 0 fully saturated rings. The van der Waals surface area contributed by atoms with Crippen LogP contribution in [0.25, 0.3) is 11.3 Å².